The van der Waals surface area contributed by atoms with E-state index in [0.717, 1.165) is 44.3 Å². The normalized spacial score (nSPS) is 11.7. The Kier molecular flexibility index (Phi) is 8.00. The molecule has 3 aromatic heterocycles. The van der Waals surface area contributed by atoms with Gasteiger partial charge in [0.1, 0.15) is 89.6 Å². The first kappa shape index (κ1) is 34.4. The molecule has 0 radical (unpaired) electrons. The van der Waals surface area contributed by atoms with Crippen molar-refractivity contribution < 1.29 is 4.42 Å². The predicted molar refractivity (Wildman–Crippen MR) is 260 cm³/mol. The summed E-state index contributed by atoms with van der Waals surface area (Å²) in [5.74, 6) is 2.07. The summed E-state index contributed by atoms with van der Waals surface area (Å²) in [5, 5.41) is 4.56. The summed E-state index contributed by atoms with van der Waals surface area (Å²) in [6, 6.07) is 30.0. The minimum Gasteiger partial charge on any atom is -0.456 e. The van der Waals surface area contributed by atoms with Crippen LogP contribution in [-0.2, 0) is 0 Å². The molecule has 246 valence electrons. The zero-order valence-electron chi connectivity index (χ0n) is 32.8. The van der Waals surface area contributed by atoms with Crippen molar-refractivity contribution in [2.24, 2.45) is 0 Å². The third-order valence-electron chi connectivity index (χ3n) is 12.6. The lowest BCUT2D eigenvalue weighted by Gasteiger charge is -2.22. The lowest BCUT2D eigenvalue weighted by molar-refractivity contribution is 0.668. The van der Waals surface area contributed by atoms with Crippen LogP contribution in [0.2, 0.25) is 0 Å². The van der Waals surface area contributed by atoms with E-state index in [4.69, 9.17) is 19.4 Å². The monoisotopic (exact) mass is 684 g/mol. The third kappa shape index (κ3) is 5.04. The lowest BCUT2D eigenvalue weighted by Crippen LogP contribution is -2.55. The molecule has 0 fully saturated rings. The standard InChI is InChI=1S/C39H34B10N4O/c40-27-25(28(41)32(45)35(48)31(27)44)38-50-37(51-39(52-38)26-29(42)33(46)36(49)34(47)30(26)43)15-9-12-23-20(13-15)19-11-10-16(14-24(19)54-23)53-21-7-3-1-5-17(21)18-6-2-4-8-22(18)53/h1-14H,40-49H2. The van der Waals surface area contributed by atoms with E-state index in [1.54, 1.807) is 0 Å². The van der Waals surface area contributed by atoms with Crippen LogP contribution in [0.3, 0.4) is 0 Å². The van der Waals surface area contributed by atoms with Gasteiger partial charge in [0.25, 0.3) is 0 Å². The zero-order chi connectivity index (χ0) is 37.7. The van der Waals surface area contributed by atoms with Gasteiger partial charge in [-0.05, 0) is 42.5 Å². The number of para-hydroxylation sites is 2. The summed E-state index contributed by atoms with van der Waals surface area (Å²) >= 11 is 0. The summed E-state index contributed by atoms with van der Waals surface area (Å²) in [4.78, 5) is 15.9. The second-order valence-corrected chi connectivity index (χ2v) is 15.2. The number of hydrogen-bond donors (Lipinski definition) is 0. The summed E-state index contributed by atoms with van der Waals surface area (Å²) < 4.78 is 8.89. The highest BCUT2D eigenvalue weighted by Crippen LogP contribution is 2.36. The van der Waals surface area contributed by atoms with Gasteiger partial charge in [-0.1, -0.05) is 58.2 Å². The maximum atomic E-state index is 6.56. The number of benzene rings is 6. The van der Waals surface area contributed by atoms with Gasteiger partial charge < -0.3 is 8.98 Å². The number of rotatable bonds is 4. The van der Waals surface area contributed by atoms with Gasteiger partial charge in [-0.25, -0.2) is 15.0 Å². The Morgan fingerprint density at radius 3 is 1.37 bits per heavy atom. The van der Waals surface area contributed by atoms with E-state index in [0.29, 0.717) is 17.5 Å². The van der Waals surface area contributed by atoms with Crippen LogP contribution in [0.25, 0.3) is 83.6 Å². The number of aromatic nitrogens is 4. The summed E-state index contributed by atoms with van der Waals surface area (Å²) in [5.41, 5.74) is 20.7. The minimum absolute atomic E-state index is 0.650. The first-order valence-corrected chi connectivity index (χ1v) is 18.8. The molecular weight excluding hydrogens is 649 g/mol. The Bertz CT molecular complexity index is 2880. The second-order valence-electron chi connectivity index (χ2n) is 15.2. The van der Waals surface area contributed by atoms with Crippen molar-refractivity contribution in [1.82, 2.24) is 19.5 Å². The first-order chi connectivity index (χ1) is 25.9. The fourth-order valence-corrected chi connectivity index (χ4v) is 8.64. The van der Waals surface area contributed by atoms with Gasteiger partial charge in [0.05, 0.1) is 11.0 Å². The Morgan fingerprint density at radius 2 is 0.852 bits per heavy atom. The molecule has 0 aliphatic rings. The summed E-state index contributed by atoms with van der Waals surface area (Å²) in [6.07, 6.45) is 0. The SMILES string of the molecule is Bc1c(B)c(B)c(-c2nc(-c3ccc4oc5cc(-n6c7ccccc7c7ccccc76)ccc5c4c3)nc(-c3c(B)c(B)c(B)c(B)c3B)n2)c(B)c1B. The molecular formula is C39H34B10N4O. The highest BCUT2D eigenvalue weighted by Gasteiger charge is 2.22. The number of fused-ring (bicyclic) bond motifs is 6. The number of furan rings is 1. The minimum atomic E-state index is 0.650. The van der Waals surface area contributed by atoms with Crippen LogP contribution in [0.4, 0.5) is 0 Å². The molecule has 0 unspecified atom stereocenters. The Morgan fingerprint density at radius 1 is 0.389 bits per heavy atom. The maximum absolute atomic E-state index is 6.56. The molecule has 0 aliphatic heterocycles. The van der Waals surface area contributed by atoms with Crippen LogP contribution in [0.5, 0.6) is 0 Å². The topological polar surface area (TPSA) is 56.7 Å². The van der Waals surface area contributed by atoms with Crippen molar-refractivity contribution in [2.75, 3.05) is 0 Å². The average molecular weight is 683 g/mol. The average Bonchev–Trinajstić information content (AvgIpc) is 3.72. The van der Waals surface area contributed by atoms with Gasteiger partial charge >= 0.3 is 0 Å². The molecule has 54 heavy (non-hydrogen) atoms. The van der Waals surface area contributed by atoms with E-state index in [1.807, 2.05) is 0 Å². The van der Waals surface area contributed by atoms with Gasteiger partial charge in [0, 0.05) is 50.0 Å². The number of hydrogen-bond acceptors (Lipinski definition) is 4. The van der Waals surface area contributed by atoms with Gasteiger partial charge in [-0.15, -0.1) is 32.8 Å². The third-order valence-corrected chi connectivity index (χ3v) is 12.6. The fourth-order valence-electron chi connectivity index (χ4n) is 8.64. The molecule has 0 saturated heterocycles. The summed E-state index contributed by atoms with van der Waals surface area (Å²) in [6.45, 7) is 0. The lowest BCUT2D eigenvalue weighted by atomic mass is 9.60. The van der Waals surface area contributed by atoms with E-state index >= 15 is 0 Å². The van der Waals surface area contributed by atoms with Crippen LogP contribution in [-0.4, -0.2) is 98.0 Å². The van der Waals surface area contributed by atoms with Crippen LogP contribution in [0.15, 0.2) is 89.3 Å². The molecule has 6 aromatic carbocycles. The highest BCUT2D eigenvalue weighted by atomic mass is 16.3. The molecule has 0 spiro atoms. The molecule has 0 bridgehead atoms. The molecule has 15 heteroatoms. The Labute approximate surface area is 324 Å². The Balaban J connectivity index is 1.26. The second kappa shape index (κ2) is 12.6. The maximum Gasteiger partial charge on any atom is 0.164 e. The van der Waals surface area contributed by atoms with E-state index in [-0.39, 0.29) is 0 Å². The van der Waals surface area contributed by atoms with Gasteiger partial charge in [-0.3, -0.25) is 0 Å². The van der Waals surface area contributed by atoms with Crippen molar-refractivity contribution >= 4 is 177 Å². The van der Waals surface area contributed by atoms with Crippen molar-refractivity contribution in [3.63, 3.8) is 0 Å². The molecule has 0 N–H and O–H groups in total. The van der Waals surface area contributed by atoms with Crippen LogP contribution in [0.1, 0.15) is 0 Å². The molecule has 9 aromatic rings. The van der Waals surface area contributed by atoms with Crippen molar-refractivity contribution in [2.45, 2.75) is 0 Å². The Hall–Kier alpha value is -5.42. The van der Waals surface area contributed by atoms with E-state index < -0.39 is 0 Å². The molecule has 0 aliphatic carbocycles. The van der Waals surface area contributed by atoms with E-state index in [1.165, 1.54) is 76.4 Å². The van der Waals surface area contributed by atoms with Gasteiger partial charge in [0.15, 0.2) is 17.5 Å². The largest absolute Gasteiger partial charge is 0.456 e. The fraction of sp³-hybridized carbons (Fsp3) is 0. The van der Waals surface area contributed by atoms with Crippen molar-refractivity contribution in [3.8, 4) is 39.9 Å². The van der Waals surface area contributed by atoms with Crippen molar-refractivity contribution in [1.29, 1.82) is 0 Å². The first-order valence-electron chi connectivity index (χ1n) is 18.8. The smallest absolute Gasteiger partial charge is 0.164 e. The molecule has 0 amide bonds. The predicted octanol–water partition coefficient (Wildman–Crippen LogP) is -7.55. The van der Waals surface area contributed by atoms with Gasteiger partial charge in [-0.2, -0.15) is 0 Å². The van der Waals surface area contributed by atoms with Crippen molar-refractivity contribution in [3.05, 3.63) is 84.9 Å². The van der Waals surface area contributed by atoms with Crippen LogP contribution < -0.4 is 54.6 Å². The zero-order valence-corrected chi connectivity index (χ0v) is 32.8. The van der Waals surface area contributed by atoms with E-state index in [9.17, 15) is 0 Å². The molecule has 3 heterocycles. The number of nitrogens with zero attached hydrogens (tertiary/aromatic N) is 4. The summed E-state index contributed by atoms with van der Waals surface area (Å²) in [7, 11) is 22.0. The van der Waals surface area contributed by atoms with Crippen LogP contribution >= 0.6 is 0 Å². The molecule has 0 saturated carbocycles. The highest BCUT2D eigenvalue weighted by molar-refractivity contribution is 6.69. The molecule has 5 nitrogen and oxygen atoms in total. The molecule has 9 rings (SSSR count). The van der Waals surface area contributed by atoms with Crippen LogP contribution in [0, 0.1) is 0 Å². The van der Waals surface area contributed by atoms with E-state index in [2.05, 4.69) is 168 Å². The quantitative estimate of drug-likeness (QED) is 0.173. The van der Waals surface area contributed by atoms with Gasteiger partial charge in [0.2, 0.25) is 0 Å². The molecule has 0 atom stereocenters.